The Morgan fingerprint density at radius 3 is 2.84 bits per heavy atom. The summed E-state index contributed by atoms with van der Waals surface area (Å²) in [5.41, 5.74) is 6.77. The molecule has 0 saturated heterocycles. The molecule has 0 spiro atoms. The van der Waals surface area contributed by atoms with Crippen molar-refractivity contribution in [1.29, 1.82) is 0 Å². The summed E-state index contributed by atoms with van der Waals surface area (Å²) in [5.74, 6) is 0.124. The number of unbranched alkanes of at least 4 members (excludes halogenated alkanes) is 1. The van der Waals surface area contributed by atoms with Crippen LogP contribution in [0.5, 0.6) is 0 Å². The van der Waals surface area contributed by atoms with E-state index in [1.54, 1.807) is 24.3 Å². The van der Waals surface area contributed by atoms with Crippen molar-refractivity contribution in [2.75, 3.05) is 5.75 Å². The molecule has 0 amide bonds. The van der Waals surface area contributed by atoms with Crippen molar-refractivity contribution < 1.29 is 13.6 Å². The van der Waals surface area contributed by atoms with Gasteiger partial charge in [-0.1, -0.05) is 36.7 Å². The summed E-state index contributed by atoms with van der Waals surface area (Å²) in [4.78, 5) is 0. The van der Waals surface area contributed by atoms with Crippen LogP contribution in [0.4, 0.5) is 0 Å². The minimum atomic E-state index is -3.24. The maximum absolute atomic E-state index is 11.6. The molecule has 0 heterocycles. The smallest absolute Gasteiger partial charge is 0.211 e. The quantitative estimate of drug-likeness (QED) is 0.301. The van der Waals surface area contributed by atoms with Crippen molar-refractivity contribution in [1.82, 2.24) is 4.72 Å². The number of nitrogens with two attached hydrogens (primary N) is 1. The third kappa shape index (κ3) is 5.27. The Hall–Kier alpha value is -1.60. The fourth-order valence-corrected chi connectivity index (χ4v) is 2.70. The summed E-state index contributed by atoms with van der Waals surface area (Å²) >= 11 is 0. The summed E-state index contributed by atoms with van der Waals surface area (Å²) in [7, 11) is -3.24. The molecule has 0 aliphatic rings. The van der Waals surface area contributed by atoms with Crippen molar-refractivity contribution in [3.8, 4) is 0 Å². The van der Waals surface area contributed by atoms with E-state index in [2.05, 4.69) is 9.88 Å². The summed E-state index contributed by atoms with van der Waals surface area (Å²) in [5, 5.41) is 11.5. The van der Waals surface area contributed by atoms with Crippen LogP contribution in [0.3, 0.4) is 0 Å². The van der Waals surface area contributed by atoms with Crippen LogP contribution in [0.25, 0.3) is 0 Å². The molecule has 0 aliphatic carbocycles. The fraction of sp³-hybridized carbons (Fsp3) is 0.417. The number of hydrogen-bond acceptors (Lipinski definition) is 4. The summed E-state index contributed by atoms with van der Waals surface area (Å²) in [6.07, 6.45) is 1.47. The zero-order valence-corrected chi connectivity index (χ0v) is 11.7. The van der Waals surface area contributed by atoms with E-state index in [1.807, 2.05) is 6.92 Å². The van der Waals surface area contributed by atoms with E-state index in [1.165, 1.54) is 0 Å². The Kier molecular flexibility index (Phi) is 5.78. The van der Waals surface area contributed by atoms with Crippen LogP contribution < -0.4 is 10.5 Å². The summed E-state index contributed by atoms with van der Waals surface area (Å²) in [6.45, 7) is 2.13. The molecule has 106 valence electrons. The van der Waals surface area contributed by atoms with Crippen molar-refractivity contribution in [3.63, 3.8) is 0 Å². The van der Waals surface area contributed by atoms with Crippen molar-refractivity contribution in [3.05, 3.63) is 35.4 Å². The van der Waals surface area contributed by atoms with Crippen LogP contribution in [0.15, 0.2) is 29.4 Å². The third-order valence-corrected chi connectivity index (χ3v) is 4.00. The molecule has 0 bridgehead atoms. The Labute approximate surface area is 113 Å². The molecule has 4 N–H and O–H groups in total. The molecule has 0 unspecified atom stereocenters. The zero-order valence-electron chi connectivity index (χ0n) is 10.8. The van der Waals surface area contributed by atoms with Gasteiger partial charge < -0.3 is 10.9 Å². The van der Waals surface area contributed by atoms with Gasteiger partial charge in [0.25, 0.3) is 0 Å². The summed E-state index contributed by atoms with van der Waals surface area (Å²) in [6, 6.07) is 6.86. The van der Waals surface area contributed by atoms with Crippen LogP contribution in [0, 0.1) is 0 Å². The van der Waals surface area contributed by atoms with E-state index >= 15 is 0 Å². The van der Waals surface area contributed by atoms with Gasteiger partial charge in [-0.05, 0) is 18.1 Å². The van der Waals surface area contributed by atoms with Crippen LogP contribution >= 0.6 is 0 Å². The molecule has 0 fully saturated rings. The van der Waals surface area contributed by atoms with Gasteiger partial charge in [0.1, 0.15) is 0 Å². The van der Waals surface area contributed by atoms with E-state index in [0.29, 0.717) is 12.0 Å². The highest BCUT2D eigenvalue weighted by atomic mass is 32.2. The fourth-order valence-electron chi connectivity index (χ4n) is 1.50. The van der Waals surface area contributed by atoms with E-state index in [0.717, 1.165) is 12.0 Å². The van der Waals surface area contributed by atoms with Crippen LogP contribution in [-0.4, -0.2) is 25.2 Å². The number of sulfonamides is 1. The summed E-state index contributed by atoms with van der Waals surface area (Å²) < 4.78 is 25.8. The normalized spacial score (nSPS) is 12.6. The average Bonchev–Trinajstić information content (AvgIpc) is 2.42. The van der Waals surface area contributed by atoms with Gasteiger partial charge in [-0.2, -0.15) is 0 Å². The van der Waals surface area contributed by atoms with E-state index in [9.17, 15) is 8.42 Å². The SMILES string of the molecule is CCCCS(=O)(=O)NCc1cccc(C(N)=NO)c1. The van der Waals surface area contributed by atoms with Crippen molar-refractivity contribution in [2.24, 2.45) is 10.9 Å². The maximum Gasteiger partial charge on any atom is 0.211 e. The number of rotatable bonds is 7. The van der Waals surface area contributed by atoms with Gasteiger partial charge in [0, 0.05) is 12.1 Å². The highest BCUT2D eigenvalue weighted by Crippen LogP contribution is 2.06. The number of hydrogen-bond donors (Lipinski definition) is 3. The molecule has 0 atom stereocenters. The lowest BCUT2D eigenvalue weighted by atomic mass is 10.1. The lowest BCUT2D eigenvalue weighted by Gasteiger charge is -2.07. The van der Waals surface area contributed by atoms with E-state index in [-0.39, 0.29) is 18.1 Å². The third-order valence-electron chi connectivity index (χ3n) is 2.59. The first-order valence-corrected chi connectivity index (χ1v) is 7.68. The van der Waals surface area contributed by atoms with E-state index in [4.69, 9.17) is 10.9 Å². The predicted molar refractivity (Wildman–Crippen MR) is 74.5 cm³/mol. The lowest BCUT2D eigenvalue weighted by molar-refractivity contribution is 0.318. The van der Waals surface area contributed by atoms with Gasteiger partial charge >= 0.3 is 0 Å². The number of nitrogens with zero attached hydrogens (tertiary/aromatic N) is 1. The van der Waals surface area contributed by atoms with Gasteiger partial charge in [0.15, 0.2) is 5.84 Å². The first-order valence-electron chi connectivity index (χ1n) is 6.02. The Morgan fingerprint density at radius 1 is 1.47 bits per heavy atom. The average molecular weight is 285 g/mol. The largest absolute Gasteiger partial charge is 0.409 e. The van der Waals surface area contributed by atoms with Gasteiger partial charge in [-0.25, -0.2) is 13.1 Å². The number of benzene rings is 1. The highest BCUT2D eigenvalue weighted by molar-refractivity contribution is 7.89. The van der Waals surface area contributed by atoms with Gasteiger partial charge in [0.05, 0.1) is 5.75 Å². The molecule has 1 aromatic carbocycles. The molecule has 0 aliphatic heterocycles. The van der Waals surface area contributed by atoms with Gasteiger partial charge in [0.2, 0.25) is 10.0 Å². The minimum absolute atomic E-state index is 0.00399. The minimum Gasteiger partial charge on any atom is -0.409 e. The van der Waals surface area contributed by atoms with Crippen LogP contribution in [-0.2, 0) is 16.6 Å². The van der Waals surface area contributed by atoms with Crippen molar-refractivity contribution >= 4 is 15.9 Å². The van der Waals surface area contributed by atoms with Crippen molar-refractivity contribution in [2.45, 2.75) is 26.3 Å². The van der Waals surface area contributed by atoms with Crippen LogP contribution in [0.1, 0.15) is 30.9 Å². The lowest BCUT2D eigenvalue weighted by Crippen LogP contribution is -2.26. The van der Waals surface area contributed by atoms with Gasteiger partial charge in [-0.3, -0.25) is 0 Å². The first kappa shape index (κ1) is 15.5. The molecule has 7 heteroatoms. The zero-order chi connectivity index (χ0) is 14.3. The Balaban J connectivity index is 2.68. The maximum atomic E-state index is 11.6. The van der Waals surface area contributed by atoms with Gasteiger partial charge in [-0.15, -0.1) is 0 Å². The first-order chi connectivity index (χ1) is 8.98. The topological polar surface area (TPSA) is 105 Å². The Bertz CT molecular complexity index is 541. The van der Waals surface area contributed by atoms with E-state index < -0.39 is 10.0 Å². The van der Waals surface area contributed by atoms with Crippen LogP contribution in [0.2, 0.25) is 0 Å². The second kappa shape index (κ2) is 7.10. The predicted octanol–water partition coefficient (Wildman–Crippen LogP) is 1.00. The number of oxime groups is 1. The second-order valence-corrected chi connectivity index (χ2v) is 6.11. The molecule has 6 nitrogen and oxygen atoms in total. The Morgan fingerprint density at radius 2 is 2.21 bits per heavy atom. The molecular weight excluding hydrogens is 266 g/mol. The molecule has 0 radical (unpaired) electrons. The molecule has 0 aromatic heterocycles. The molecular formula is C12H19N3O3S. The second-order valence-electron chi connectivity index (χ2n) is 4.18. The molecule has 19 heavy (non-hydrogen) atoms. The monoisotopic (exact) mass is 285 g/mol. The molecule has 1 rings (SSSR count). The molecule has 0 saturated carbocycles. The standard InChI is InChI=1S/C12H19N3O3S/c1-2-3-7-19(17,18)14-9-10-5-4-6-11(8-10)12(13)15-16/h4-6,8,14,16H,2-3,7,9H2,1H3,(H2,13,15). The molecule has 1 aromatic rings. The number of amidine groups is 1. The number of nitrogens with one attached hydrogen (secondary N) is 1. The highest BCUT2D eigenvalue weighted by Gasteiger charge is 2.09.